The van der Waals surface area contributed by atoms with Gasteiger partial charge in [-0.15, -0.1) is 0 Å². The molecule has 0 bridgehead atoms. The maximum absolute atomic E-state index is 13.1. The Labute approximate surface area is 227 Å². The lowest BCUT2D eigenvalue weighted by Crippen LogP contribution is -2.37. The molecule has 38 heavy (non-hydrogen) atoms. The normalized spacial score (nSPS) is 12.2. The Morgan fingerprint density at radius 1 is 0.895 bits per heavy atom. The maximum Gasteiger partial charge on any atom is 0.417 e. The number of amides is 1. The Hall–Kier alpha value is -3.00. The average molecular weight is 610 g/mol. The Morgan fingerprint density at radius 2 is 1.50 bits per heavy atom. The van der Waals surface area contributed by atoms with Gasteiger partial charge in [-0.05, 0) is 67.1 Å². The summed E-state index contributed by atoms with van der Waals surface area (Å²) in [5, 5.41) is 2.20. The van der Waals surface area contributed by atoms with E-state index in [0.717, 1.165) is 40.4 Å². The quantitative estimate of drug-likeness (QED) is 0.349. The van der Waals surface area contributed by atoms with Crippen LogP contribution in [0.15, 0.2) is 65.6 Å². The molecule has 0 aliphatic carbocycles. The van der Waals surface area contributed by atoms with Crippen molar-refractivity contribution >= 4 is 66.2 Å². The van der Waals surface area contributed by atoms with Gasteiger partial charge in [0.15, 0.2) is 0 Å². The molecule has 0 radical (unpaired) electrons. The van der Waals surface area contributed by atoms with Gasteiger partial charge >= 0.3 is 6.18 Å². The lowest BCUT2D eigenvalue weighted by molar-refractivity contribution is -0.137. The van der Waals surface area contributed by atoms with E-state index in [9.17, 15) is 34.8 Å². The van der Waals surface area contributed by atoms with E-state index in [4.69, 9.17) is 23.2 Å². The highest BCUT2D eigenvalue weighted by Gasteiger charge is 2.33. The molecule has 0 atom stereocenters. The van der Waals surface area contributed by atoms with Crippen LogP contribution in [-0.2, 0) is 31.0 Å². The molecule has 0 aliphatic rings. The molecule has 0 fully saturated rings. The molecule has 0 heterocycles. The van der Waals surface area contributed by atoms with E-state index >= 15 is 0 Å². The zero-order chi connectivity index (χ0) is 28.5. The third kappa shape index (κ3) is 7.31. The van der Waals surface area contributed by atoms with Gasteiger partial charge in [-0.2, -0.15) is 13.2 Å². The molecule has 0 saturated heterocycles. The second-order valence-corrected chi connectivity index (χ2v) is 12.5. The van der Waals surface area contributed by atoms with Crippen molar-refractivity contribution in [2.75, 3.05) is 27.1 Å². The first-order valence-electron chi connectivity index (χ1n) is 10.5. The largest absolute Gasteiger partial charge is 0.417 e. The van der Waals surface area contributed by atoms with E-state index in [-0.39, 0.29) is 22.0 Å². The highest BCUT2D eigenvalue weighted by Crippen LogP contribution is 2.36. The fourth-order valence-corrected chi connectivity index (χ4v) is 5.50. The smallest absolute Gasteiger partial charge is 0.325 e. The first-order valence-corrected chi connectivity index (χ1v) is 14.6. The number of benzene rings is 3. The summed E-state index contributed by atoms with van der Waals surface area (Å²) in [6.07, 6.45) is -3.85. The van der Waals surface area contributed by atoms with Crippen LogP contribution in [0.4, 0.5) is 30.2 Å². The molecule has 3 aromatic rings. The first kappa shape index (κ1) is 29.6. The highest BCUT2D eigenvalue weighted by atomic mass is 35.5. The van der Waals surface area contributed by atoms with Crippen LogP contribution in [0.25, 0.3) is 0 Å². The monoisotopic (exact) mass is 609 g/mol. The lowest BCUT2D eigenvalue weighted by atomic mass is 10.2. The summed E-state index contributed by atoms with van der Waals surface area (Å²) in [4.78, 5) is 12.3. The molecule has 3 aromatic carbocycles. The number of aryl methyl sites for hydroxylation is 1. The summed E-state index contributed by atoms with van der Waals surface area (Å²) in [7, 11) is -8.15. The van der Waals surface area contributed by atoms with Crippen molar-refractivity contribution < 1.29 is 34.8 Å². The summed E-state index contributed by atoms with van der Waals surface area (Å²) in [6, 6.07) is 11.8. The van der Waals surface area contributed by atoms with Gasteiger partial charge < -0.3 is 5.32 Å². The summed E-state index contributed by atoms with van der Waals surface area (Å²) in [5.41, 5.74) is -0.504. The number of carbonyl (C=O) groups excluding carboxylic acids is 1. The summed E-state index contributed by atoms with van der Waals surface area (Å²) < 4.78 is 92.0. The number of sulfonamides is 2. The van der Waals surface area contributed by atoms with Crippen LogP contribution in [0.3, 0.4) is 0 Å². The van der Waals surface area contributed by atoms with E-state index in [1.807, 2.05) is 4.72 Å². The molecule has 0 saturated carbocycles. The fraction of sp³-hybridized carbons (Fsp3) is 0.174. The molecule has 8 nitrogen and oxygen atoms in total. The van der Waals surface area contributed by atoms with Crippen LogP contribution in [0.5, 0.6) is 0 Å². The van der Waals surface area contributed by atoms with Crippen LogP contribution in [0.2, 0.25) is 10.0 Å². The minimum absolute atomic E-state index is 0.148. The van der Waals surface area contributed by atoms with Crippen LogP contribution in [0, 0.1) is 6.92 Å². The Kier molecular flexibility index (Phi) is 8.56. The molecule has 0 unspecified atom stereocenters. The Morgan fingerprint density at radius 3 is 2.05 bits per heavy atom. The summed E-state index contributed by atoms with van der Waals surface area (Å²) >= 11 is 11.6. The van der Waals surface area contributed by atoms with Gasteiger partial charge in [-0.3, -0.25) is 13.8 Å². The number of anilines is 3. The van der Waals surface area contributed by atoms with Gasteiger partial charge in [0, 0.05) is 16.4 Å². The van der Waals surface area contributed by atoms with E-state index in [2.05, 4.69) is 5.32 Å². The fourth-order valence-electron chi connectivity index (χ4n) is 3.21. The van der Waals surface area contributed by atoms with Gasteiger partial charge in [0.05, 0.1) is 27.4 Å². The number of hydrogen-bond acceptors (Lipinski definition) is 5. The summed E-state index contributed by atoms with van der Waals surface area (Å²) in [5.74, 6) is -0.721. The molecule has 0 aromatic heterocycles. The predicted molar refractivity (Wildman–Crippen MR) is 141 cm³/mol. The van der Waals surface area contributed by atoms with E-state index in [1.54, 1.807) is 13.0 Å². The molecule has 2 N–H and O–H groups in total. The van der Waals surface area contributed by atoms with Crippen LogP contribution in [-0.4, -0.2) is 35.5 Å². The third-order valence-corrected chi connectivity index (χ3v) is 8.38. The van der Waals surface area contributed by atoms with Crippen molar-refractivity contribution in [2.24, 2.45) is 0 Å². The van der Waals surface area contributed by atoms with E-state index < -0.39 is 49.3 Å². The van der Waals surface area contributed by atoms with Crippen molar-refractivity contribution in [1.29, 1.82) is 0 Å². The van der Waals surface area contributed by atoms with Crippen molar-refractivity contribution in [1.82, 2.24) is 0 Å². The molecule has 0 aliphatic heterocycles. The van der Waals surface area contributed by atoms with Gasteiger partial charge in [-0.1, -0.05) is 29.3 Å². The zero-order valence-electron chi connectivity index (χ0n) is 19.7. The Bertz CT molecular complexity index is 1580. The number of nitrogens with zero attached hydrogens (tertiary/aromatic N) is 1. The van der Waals surface area contributed by atoms with Crippen LogP contribution >= 0.6 is 23.2 Å². The Balaban J connectivity index is 1.74. The van der Waals surface area contributed by atoms with Crippen molar-refractivity contribution in [3.63, 3.8) is 0 Å². The van der Waals surface area contributed by atoms with E-state index in [1.165, 1.54) is 24.3 Å². The molecule has 3 rings (SSSR count). The van der Waals surface area contributed by atoms with Gasteiger partial charge in [-0.25, -0.2) is 16.8 Å². The highest BCUT2D eigenvalue weighted by molar-refractivity contribution is 7.92. The number of hydrogen-bond donors (Lipinski definition) is 2. The summed E-state index contributed by atoms with van der Waals surface area (Å²) in [6.45, 7) is 1.15. The number of carbonyl (C=O) groups is 1. The second kappa shape index (κ2) is 11.0. The van der Waals surface area contributed by atoms with Gasteiger partial charge in [0.1, 0.15) is 6.54 Å². The zero-order valence-corrected chi connectivity index (χ0v) is 22.8. The maximum atomic E-state index is 13.1. The van der Waals surface area contributed by atoms with Crippen molar-refractivity contribution in [3.8, 4) is 0 Å². The van der Waals surface area contributed by atoms with Gasteiger partial charge in [0.2, 0.25) is 15.9 Å². The molecular weight excluding hydrogens is 590 g/mol. The number of nitrogens with one attached hydrogen (secondary N) is 2. The minimum atomic E-state index is -4.78. The number of alkyl halides is 3. The third-order valence-electron chi connectivity index (χ3n) is 5.10. The average Bonchev–Trinajstić information content (AvgIpc) is 2.79. The topological polar surface area (TPSA) is 113 Å². The van der Waals surface area contributed by atoms with Crippen LogP contribution < -0.4 is 14.3 Å². The lowest BCUT2D eigenvalue weighted by Gasteiger charge is -2.22. The molecule has 204 valence electrons. The van der Waals surface area contributed by atoms with Crippen molar-refractivity contribution in [2.45, 2.75) is 18.0 Å². The molecule has 15 heteroatoms. The number of rotatable bonds is 8. The minimum Gasteiger partial charge on any atom is -0.325 e. The second-order valence-electron chi connectivity index (χ2n) is 8.07. The van der Waals surface area contributed by atoms with E-state index in [0.29, 0.717) is 11.1 Å². The SMILES string of the molecule is Cc1ccc(N(CC(=O)Nc2ccc(S(=O)(=O)Nc3ccc(Cl)c(C(F)(F)F)c3)cc2)S(C)(=O)=O)cc1Cl. The molecule has 1 amide bonds. The molecule has 0 spiro atoms. The van der Waals surface area contributed by atoms with Crippen LogP contribution in [0.1, 0.15) is 11.1 Å². The van der Waals surface area contributed by atoms with Crippen molar-refractivity contribution in [3.05, 3.63) is 81.8 Å². The number of halogens is 5. The van der Waals surface area contributed by atoms with Gasteiger partial charge in [0.25, 0.3) is 10.0 Å². The predicted octanol–water partition coefficient (Wildman–Crippen LogP) is 5.53. The molecular formula is C23H20Cl2F3N3O5S2. The standard InChI is InChI=1S/C23H20Cl2F3N3O5S2/c1-14-3-7-17(12-21(14)25)31(37(2,33)34)13-22(32)29-15-4-8-18(9-5-15)38(35,36)30-16-6-10-20(24)19(11-16)23(26,27)28/h3-12,30H,13H2,1-2H3,(H,29,32). The first-order chi connectivity index (χ1) is 17.5.